The third-order valence-electron chi connectivity index (χ3n) is 7.01. The first-order valence-corrected chi connectivity index (χ1v) is 12.4. The SMILES string of the molecule is Cc1ccc(C2=NN3[C@H](C2)c2cc(Br)ccc2O[C@]3(C)C(=O)[C@@H]2Cc3ccccc3C(=O)O2)cc1. The van der Waals surface area contributed by atoms with Gasteiger partial charge < -0.3 is 9.47 Å². The quantitative estimate of drug-likeness (QED) is 0.426. The second-order valence-electron chi connectivity index (χ2n) is 9.36. The monoisotopic (exact) mass is 530 g/mol. The number of hydrogen-bond acceptors (Lipinski definition) is 6. The Morgan fingerprint density at radius 1 is 1.09 bits per heavy atom. The zero-order chi connectivity index (χ0) is 24.3. The Morgan fingerprint density at radius 2 is 1.86 bits per heavy atom. The molecule has 6 rings (SSSR count). The van der Waals surface area contributed by atoms with Gasteiger partial charge in [-0.15, -0.1) is 0 Å². The fraction of sp³-hybridized carbons (Fsp3) is 0.250. The van der Waals surface area contributed by atoms with Gasteiger partial charge in [-0.2, -0.15) is 5.10 Å². The molecule has 0 bridgehead atoms. The highest BCUT2D eigenvalue weighted by Crippen LogP contribution is 2.48. The number of esters is 1. The van der Waals surface area contributed by atoms with E-state index < -0.39 is 17.8 Å². The van der Waals surface area contributed by atoms with Crippen molar-refractivity contribution in [1.29, 1.82) is 0 Å². The lowest BCUT2D eigenvalue weighted by atomic mass is 9.89. The van der Waals surface area contributed by atoms with Crippen LogP contribution in [0.5, 0.6) is 5.75 Å². The average Bonchev–Trinajstić information content (AvgIpc) is 3.31. The van der Waals surface area contributed by atoms with Crippen molar-refractivity contribution in [2.45, 2.75) is 44.6 Å². The highest BCUT2D eigenvalue weighted by Gasteiger charge is 2.55. The lowest BCUT2D eigenvalue weighted by Gasteiger charge is -2.45. The molecule has 176 valence electrons. The van der Waals surface area contributed by atoms with Crippen LogP contribution in [0, 0.1) is 6.92 Å². The van der Waals surface area contributed by atoms with Gasteiger partial charge in [-0.05, 0) is 42.3 Å². The van der Waals surface area contributed by atoms with Crippen molar-refractivity contribution < 1.29 is 19.1 Å². The molecule has 0 N–H and O–H groups in total. The van der Waals surface area contributed by atoms with Crippen molar-refractivity contribution >= 4 is 33.4 Å². The molecule has 35 heavy (non-hydrogen) atoms. The van der Waals surface area contributed by atoms with Crippen LogP contribution in [0.15, 0.2) is 76.3 Å². The summed E-state index contributed by atoms with van der Waals surface area (Å²) in [6, 6.07) is 21.0. The number of cyclic esters (lactones) is 1. The van der Waals surface area contributed by atoms with Gasteiger partial charge in [-0.3, -0.25) is 4.79 Å². The summed E-state index contributed by atoms with van der Waals surface area (Å²) in [6.07, 6.45) is -0.0231. The maximum atomic E-state index is 14.0. The van der Waals surface area contributed by atoms with Gasteiger partial charge in [0.25, 0.3) is 5.72 Å². The number of carbonyl (C=O) groups excluding carboxylic acids is 2. The fourth-order valence-corrected chi connectivity index (χ4v) is 5.52. The number of hydrogen-bond donors (Lipinski definition) is 0. The Balaban J connectivity index is 1.41. The molecule has 3 aliphatic heterocycles. The minimum absolute atomic E-state index is 0.187. The van der Waals surface area contributed by atoms with E-state index in [9.17, 15) is 9.59 Å². The number of carbonyl (C=O) groups is 2. The number of ketones is 1. The Morgan fingerprint density at radius 3 is 2.66 bits per heavy atom. The van der Waals surface area contributed by atoms with Crippen LogP contribution in [-0.4, -0.2) is 34.3 Å². The second-order valence-corrected chi connectivity index (χ2v) is 10.3. The van der Waals surface area contributed by atoms with Gasteiger partial charge in [0.15, 0.2) is 6.10 Å². The lowest BCUT2D eigenvalue weighted by Crippen LogP contribution is -2.61. The van der Waals surface area contributed by atoms with E-state index >= 15 is 0 Å². The summed E-state index contributed by atoms with van der Waals surface area (Å²) in [6.45, 7) is 3.77. The van der Waals surface area contributed by atoms with Crippen LogP contribution in [0.25, 0.3) is 0 Å². The molecule has 3 aromatic rings. The minimum atomic E-state index is -1.44. The van der Waals surface area contributed by atoms with E-state index in [1.54, 1.807) is 24.1 Å². The molecule has 0 saturated heterocycles. The van der Waals surface area contributed by atoms with Crippen molar-refractivity contribution in [3.05, 3.63) is 99.0 Å². The van der Waals surface area contributed by atoms with Crippen LogP contribution in [0.3, 0.4) is 0 Å². The minimum Gasteiger partial charge on any atom is -0.459 e. The number of benzene rings is 3. The Labute approximate surface area is 211 Å². The van der Waals surface area contributed by atoms with E-state index in [0.29, 0.717) is 24.2 Å². The van der Waals surface area contributed by atoms with Crippen LogP contribution < -0.4 is 4.74 Å². The van der Waals surface area contributed by atoms with Crippen LogP contribution >= 0.6 is 15.9 Å². The van der Waals surface area contributed by atoms with E-state index in [1.165, 1.54) is 5.56 Å². The van der Waals surface area contributed by atoms with E-state index in [4.69, 9.17) is 14.6 Å². The summed E-state index contributed by atoms with van der Waals surface area (Å²) in [5, 5.41) is 6.68. The molecular formula is C28H23BrN2O4. The lowest BCUT2D eigenvalue weighted by molar-refractivity contribution is -0.168. The van der Waals surface area contributed by atoms with Gasteiger partial charge in [0, 0.05) is 29.8 Å². The highest BCUT2D eigenvalue weighted by molar-refractivity contribution is 9.10. The number of hydrazone groups is 1. The molecule has 3 atom stereocenters. The van der Waals surface area contributed by atoms with E-state index in [1.807, 2.05) is 49.4 Å². The number of aryl methyl sites for hydroxylation is 1. The normalized spacial score (nSPS) is 24.5. The number of nitrogens with zero attached hydrogens (tertiary/aromatic N) is 2. The molecule has 0 fully saturated rings. The molecule has 0 saturated carbocycles. The number of rotatable bonds is 3. The van der Waals surface area contributed by atoms with E-state index in [0.717, 1.165) is 26.9 Å². The number of halogens is 1. The molecule has 0 aromatic heterocycles. The van der Waals surface area contributed by atoms with Crippen molar-refractivity contribution in [3.63, 3.8) is 0 Å². The smallest absolute Gasteiger partial charge is 0.339 e. The van der Waals surface area contributed by atoms with Gasteiger partial charge in [-0.1, -0.05) is 64.0 Å². The summed E-state index contributed by atoms with van der Waals surface area (Å²) in [5.74, 6) is -0.184. The molecule has 0 spiro atoms. The molecule has 0 amide bonds. The maximum Gasteiger partial charge on any atom is 0.339 e. The van der Waals surface area contributed by atoms with Crippen molar-refractivity contribution in [3.8, 4) is 5.75 Å². The van der Waals surface area contributed by atoms with Gasteiger partial charge in [0.2, 0.25) is 5.78 Å². The summed E-state index contributed by atoms with van der Waals surface area (Å²) in [7, 11) is 0. The maximum absolute atomic E-state index is 14.0. The van der Waals surface area contributed by atoms with Crippen LogP contribution in [-0.2, 0) is 16.0 Å². The first-order valence-electron chi connectivity index (χ1n) is 11.6. The molecule has 0 radical (unpaired) electrons. The number of ether oxygens (including phenoxy) is 2. The average molecular weight is 531 g/mol. The molecule has 0 unspecified atom stereocenters. The largest absolute Gasteiger partial charge is 0.459 e. The topological polar surface area (TPSA) is 68.2 Å². The molecule has 3 aliphatic rings. The summed E-state index contributed by atoms with van der Waals surface area (Å²) in [5.41, 5.74) is 3.89. The first-order chi connectivity index (χ1) is 16.8. The van der Waals surface area contributed by atoms with E-state index in [2.05, 4.69) is 28.1 Å². The summed E-state index contributed by atoms with van der Waals surface area (Å²) < 4.78 is 12.9. The van der Waals surface area contributed by atoms with Crippen molar-refractivity contribution in [1.82, 2.24) is 5.01 Å². The summed E-state index contributed by atoms with van der Waals surface area (Å²) in [4.78, 5) is 26.7. The zero-order valence-corrected chi connectivity index (χ0v) is 20.9. The van der Waals surface area contributed by atoms with Gasteiger partial charge in [0.1, 0.15) is 5.75 Å². The van der Waals surface area contributed by atoms with Gasteiger partial charge >= 0.3 is 5.97 Å². The number of Topliss-reactive ketones (excluding diaryl/α,β-unsaturated/α-hetero) is 1. The third kappa shape index (κ3) is 3.57. The first kappa shape index (κ1) is 22.0. The predicted molar refractivity (Wildman–Crippen MR) is 134 cm³/mol. The standard InChI is InChI=1S/C28H23BrN2O4/c1-16-7-9-17(10-8-16)22-15-23-21-14-19(29)11-12-24(21)35-28(2,31(23)30-22)26(32)25-13-18-5-3-4-6-20(18)27(33)34-25/h3-12,14,23,25H,13,15H2,1-2H3/t23-,25+,28-/m1/s1. The van der Waals surface area contributed by atoms with Crippen LogP contribution in [0.4, 0.5) is 0 Å². The third-order valence-corrected chi connectivity index (χ3v) is 7.51. The van der Waals surface area contributed by atoms with Crippen LogP contribution in [0.1, 0.15) is 52.0 Å². The van der Waals surface area contributed by atoms with Crippen LogP contribution in [0.2, 0.25) is 0 Å². The zero-order valence-electron chi connectivity index (χ0n) is 19.3. The van der Waals surface area contributed by atoms with Gasteiger partial charge in [0.05, 0.1) is 17.3 Å². The Bertz CT molecular complexity index is 1400. The number of fused-ring (bicyclic) bond motifs is 4. The molecule has 3 heterocycles. The van der Waals surface area contributed by atoms with Crippen molar-refractivity contribution in [2.75, 3.05) is 0 Å². The Hall–Kier alpha value is -3.45. The molecule has 0 aliphatic carbocycles. The predicted octanol–water partition coefficient (Wildman–Crippen LogP) is 5.37. The highest BCUT2D eigenvalue weighted by atomic mass is 79.9. The Kier molecular flexibility index (Phi) is 5.07. The van der Waals surface area contributed by atoms with Crippen molar-refractivity contribution in [2.24, 2.45) is 5.10 Å². The fourth-order valence-electron chi connectivity index (χ4n) is 5.14. The molecule has 3 aromatic carbocycles. The molecule has 6 nitrogen and oxygen atoms in total. The molecular weight excluding hydrogens is 508 g/mol. The molecule has 7 heteroatoms. The van der Waals surface area contributed by atoms with Gasteiger partial charge in [-0.25, -0.2) is 9.80 Å². The summed E-state index contributed by atoms with van der Waals surface area (Å²) >= 11 is 3.56. The second kappa shape index (κ2) is 8.05. The van der Waals surface area contributed by atoms with E-state index in [-0.39, 0.29) is 11.8 Å².